The summed E-state index contributed by atoms with van der Waals surface area (Å²) in [6.45, 7) is 1.74. The van der Waals surface area contributed by atoms with Crippen LogP contribution in [0.25, 0.3) is 0 Å². The summed E-state index contributed by atoms with van der Waals surface area (Å²) in [5, 5.41) is 0.581. The van der Waals surface area contributed by atoms with Crippen LogP contribution in [0, 0.1) is 0 Å². The highest BCUT2D eigenvalue weighted by molar-refractivity contribution is 9.09. The minimum atomic E-state index is -4.44. The van der Waals surface area contributed by atoms with Crippen molar-refractivity contribution in [2.24, 2.45) is 0 Å². The Bertz CT molecular complexity index is 233. The molecule has 0 aliphatic heterocycles. The molecule has 0 aromatic rings. The summed E-state index contributed by atoms with van der Waals surface area (Å²) in [4.78, 5) is 0. The van der Waals surface area contributed by atoms with Crippen molar-refractivity contribution < 1.29 is 17.2 Å². The molecule has 0 heterocycles. The Morgan fingerprint density at radius 2 is 2.00 bits per heavy atom. The van der Waals surface area contributed by atoms with Gasteiger partial charge >= 0.3 is 5.76 Å². The highest BCUT2D eigenvalue weighted by Crippen LogP contribution is 2.07. The summed E-state index contributed by atoms with van der Waals surface area (Å²) >= 11 is 3.11. The fourth-order valence-electron chi connectivity index (χ4n) is 0.762. The molecule has 0 aliphatic rings. The first-order valence-electron chi connectivity index (χ1n) is 3.79. The maximum Gasteiger partial charge on any atom is 0.350 e. The van der Waals surface area contributed by atoms with Gasteiger partial charge in [-0.15, -0.1) is 0 Å². The SMILES string of the molecule is CCC(CCBr)NS(=O)(=O)C(F)F. The molecule has 0 saturated heterocycles. The van der Waals surface area contributed by atoms with Crippen LogP contribution in [0.2, 0.25) is 0 Å². The molecule has 1 atom stereocenters. The van der Waals surface area contributed by atoms with Crippen LogP contribution in [-0.2, 0) is 10.0 Å². The first-order valence-corrected chi connectivity index (χ1v) is 6.46. The first kappa shape index (κ1) is 13.2. The summed E-state index contributed by atoms with van der Waals surface area (Å²) in [7, 11) is -4.44. The Morgan fingerprint density at radius 1 is 1.46 bits per heavy atom. The molecular weight excluding hydrogens is 268 g/mol. The van der Waals surface area contributed by atoms with E-state index in [4.69, 9.17) is 0 Å². The third-order valence-corrected chi connectivity index (χ3v) is 3.10. The van der Waals surface area contributed by atoms with Crippen molar-refractivity contribution in [3.8, 4) is 0 Å². The lowest BCUT2D eigenvalue weighted by Gasteiger charge is -2.14. The predicted octanol–water partition coefficient (Wildman–Crippen LogP) is 1.69. The molecule has 0 fully saturated rings. The molecule has 0 radical (unpaired) electrons. The topological polar surface area (TPSA) is 46.2 Å². The van der Waals surface area contributed by atoms with Gasteiger partial charge in [-0.25, -0.2) is 13.1 Å². The van der Waals surface area contributed by atoms with Crippen LogP contribution in [0.15, 0.2) is 0 Å². The van der Waals surface area contributed by atoms with Gasteiger partial charge in [0.1, 0.15) is 0 Å². The van der Waals surface area contributed by atoms with E-state index in [0.29, 0.717) is 18.2 Å². The lowest BCUT2D eigenvalue weighted by atomic mass is 10.2. The molecule has 80 valence electrons. The smallest absolute Gasteiger partial charge is 0.207 e. The zero-order valence-electron chi connectivity index (χ0n) is 7.13. The van der Waals surface area contributed by atoms with E-state index >= 15 is 0 Å². The van der Waals surface area contributed by atoms with Gasteiger partial charge in [-0.1, -0.05) is 22.9 Å². The van der Waals surface area contributed by atoms with Crippen molar-refractivity contribution >= 4 is 26.0 Å². The zero-order chi connectivity index (χ0) is 10.5. The van der Waals surface area contributed by atoms with E-state index in [1.54, 1.807) is 6.92 Å². The molecule has 13 heavy (non-hydrogen) atoms. The molecule has 1 N–H and O–H groups in total. The van der Waals surface area contributed by atoms with E-state index in [2.05, 4.69) is 15.9 Å². The summed E-state index contributed by atoms with van der Waals surface area (Å²) in [6.07, 6.45) is 1.00. The van der Waals surface area contributed by atoms with Crippen molar-refractivity contribution in [2.45, 2.75) is 31.6 Å². The first-order chi connectivity index (χ1) is 5.94. The number of alkyl halides is 3. The fraction of sp³-hybridized carbons (Fsp3) is 1.00. The average Bonchev–Trinajstić information content (AvgIpc) is 2.03. The Hall–Kier alpha value is 0.250. The molecule has 0 spiro atoms. The molecule has 0 amide bonds. The van der Waals surface area contributed by atoms with Gasteiger partial charge in [-0.2, -0.15) is 8.78 Å². The lowest BCUT2D eigenvalue weighted by Crippen LogP contribution is -2.38. The van der Waals surface area contributed by atoms with Gasteiger partial charge in [0.15, 0.2) is 0 Å². The van der Waals surface area contributed by atoms with Crippen LogP contribution in [0.3, 0.4) is 0 Å². The van der Waals surface area contributed by atoms with Crippen LogP contribution >= 0.6 is 15.9 Å². The summed E-state index contributed by atoms with van der Waals surface area (Å²) < 4.78 is 47.1. The van der Waals surface area contributed by atoms with E-state index in [-0.39, 0.29) is 0 Å². The molecule has 0 aromatic carbocycles. The Balaban J connectivity index is 4.23. The number of sulfonamides is 1. The molecule has 7 heteroatoms. The van der Waals surface area contributed by atoms with Gasteiger partial charge in [0.25, 0.3) is 10.0 Å². The quantitative estimate of drug-likeness (QED) is 0.753. The maximum atomic E-state index is 11.9. The van der Waals surface area contributed by atoms with Crippen molar-refractivity contribution in [1.82, 2.24) is 4.72 Å². The number of nitrogens with one attached hydrogen (secondary N) is 1. The lowest BCUT2D eigenvalue weighted by molar-refractivity contribution is 0.231. The summed E-state index contributed by atoms with van der Waals surface area (Å²) in [6, 6.07) is -0.418. The third kappa shape index (κ3) is 4.87. The van der Waals surface area contributed by atoms with E-state index in [1.807, 2.05) is 4.72 Å². The van der Waals surface area contributed by atoms with Crippen molar-refractivity contribution in [3.05, 3.63) is 0 Å². The van der Waals surface area contributed by atoms with E-state index < -0.39 is 21.8 Å². The predicted molar refractivity (Wildman–Crippen MR) is 50.5 cm³/mol. The minimum absolute atomic E-state index is 0.418. The largest absolute Gasteiger partial charge is 0.350 e. The van der Waals surface area contributed by atoms with Crippen molar-refractivity contribution in [3.63, 3.8) is 0 Å². The van der Waals surface area contributed by atoms with Gasteiger partial charge < -0.3 is 0 Å². The van der Waals surface area contributed by atoms with E-state index in [9.17, 15) is 17.2 Å². The van der Waals surface area contributed by atoms with E-state index in [0.717, 1.165) is 0 Å². The molecule has 0 rings (SSSR count). The van der Waals surface area contributed by atoms with Crippen molar-refractivity contribution in [1.29, 1.82) is 0 Å². The second-order valence-corrected chi connectivity index (χ2v) is 4.98. The highest BCUT2D eigenvalue weighted by atomic mass is 79.9. The number of hydrogen-bond acceptors (Lipinski definition) is 2. The van der Waals surface area contributed by atoms with Gasteiger partial charge in [0.05, 0.1) is 0 Å². The number of rotatable bonds is 6. The Kier molecular flexibility index (Phi) is 5.98. The number of hydrogen-bond donors (Lipinski definition) is 1. The third-order valence-electron chi connectivity index (χ3n) is 1.52. The summed E-state index contributed by atoms with van der Waals surface area (Å²) in [5.74, 6) is -3.35. The molecule has 0 aliphatic carbocycles. The number of halogens is 3. The molecule has 0 aromatic heterocycles. The molecule has 3 nitrogen and oxygen atoms in total. The van der Waals surface area contributed by atoms with Gasteiger partial charge in [-0.3, -0.25) is 0 Å². The monoisotopic (exact) mass is 279 g/mol. The van der Waals surface area contributed by atoms with Gasteiger partial charge in [-0.05, 0) is 12.8 Å². The van der Waals surface area contributed by atoms with Gasteiger partial charge in [0.2, 0.25) is 0 Å². The minimum Gasteiger partial charge on any atom is -0.207 e. The molecular formula is C6H12BrF2NO2S. The van der Waals surface area contributed by atoms with Crippen LogP contribution < -0.4 is 4.72 Å². The Morgan fingerprint density at radius 3 is 2.31 bits per heavy atom. The molecule has 1 unspecified atom stereocenters. The zero-order valence-corrected chi connectivity index (χ0v) is 9.54. The van der Waals surface area contributed by atoms with Crippen LogP contribution in [-0.4, -0.2) is 25.5 Å². The van der Waals surface area contributed by atoms with Gasteiger partial charge in [0, 0.05) is 11.4 Å². The van der Waals surface area contributed by atoms with Crippen LogP contribution in [0.1, 0.15) is 19.8 Å². The standard InChI is InChI=1S/C6H12BrF2NO2S/c1-2-5(3-4-7)10-13(11,12)6(8)9/h5-6,10H,2-4H2,1H3. The maximum absolute atomic E-state index is 11.9. The summed E-state index contributed by atoms with van der Waals surface area (Å²) in [5.41, 5.74) is 0. The molecule has 0 saturated carbocycles. The normalized spacial score (nSPS) is 14.8. The average molecular weight is 280 g/mol. The Labute approximate surface area is 85.1 Å². The second-order valence-electron chi connectivity index (χ2n) is 2.51. The van der Waals surface area contributed by atoms with E-state index in [1.165, 1.54) is 0 Å². The fourth-order valence-corrected chi connectivity index (χ4v) is 2.17. The van der Waals surface area contributed by atoms with Crippen molar-refractivity contribution in [2.75, 3.05) is 5.33 Å². The van der Waals surface area contributed by atoms with Crippen LogP contribution in [0.5, 0.6) is 0 Å². The second kappa shape index (κ2) is 5.87. The van der Waals surface area contributed by atoms with Crippen LogP contribution in [0.4, 0.5) is 8.78 Å². The highest BCUT2D eigenvalue weighted by Gasteiger charge is 2.26. The molecule has 0 bridgehead atoms.